The van der Waals surface area contributed by atoms with Crippen LogP contribution in [0.1, 0.15) is 0 Å². The number of hydrogen-bond donors (Lipinski definition) is 0. The molecule has 0 amide bonds. The van der Waals surface area contributed by atoms with Crippen molar-refractivity contribution in [3.63, 3.8) is 0 Å². The maximum Gasteiger partial charge on any atom is 0.318 e. The van der Waals surface area contributed by atoms with Crippen molar-refractivity contribution in [2.24, 2.45) is 7.05 Å². The topological polar surface area (TPSA) is 57.0 Å². The molecule has 0 spiro atoms. The van der Waals surface area contributed by atoms with Gasteiger partial charge in [0.25, 0.3) is 0 Å². The molecule has 2 aromatic heterocycles. The number of ether oxygens (including phenoxy) is 1. The summed E-state index contributed by atoms with van der Waals surface area (Å²) in [6, 6.07) is 4.96. The molecule has 0 radical (unpaired) electrons. The highest BCUT2D eigenvalue weighted by atomic mass is 35.5. The van der Waals surface area contributed by atoms with Crippen LogP contribution in [-0.4, -0.2) is 21.6 Å². The highest BCUT2D eigenvalue weighted by Crippen LogP contribution is 2.20. The van der Waals surface area contributed by atoms with Crippen LogP contribution in [0.15, 0.2) is 29.2 Å². The quantitative estimate of drug-likeness (QED) is 0.759. The molecule has 0 atom stereocenters. The van der Waals surface area contributed by atoms with Gasteiger partial charge >= 0.3 is 6.01 Å². The second-order valence-corrected chi connectivity index (χ2v) is 3.82. The first-order valence-corrected chi connectivity index (χ1v) is 5.23. The molecule has 0 unspecified atom stereocenters. The van der Waals surface area contributed by atoms with Crippen LogP contribution in [0.4, 0.5) is 0 Å². The number of nitrogens with zero attached hydrogens (tertiary/aromatic N) is 3. The maximum atomic E-state index is 11.3. The average molecular weight is 252 g/mol. The molecule has 5 nitrogen and oxygen atoms in total. The van der Waals surface area contributed by atoms with Crippen molar-refractivity contribution in [3.05, 3.63) is 39.9 Å². The van der Waals surface area contributed by atoms with Crippen LogP contribution in [0, 0.1) is 0 Å². The van der Waals surface area contributed by atoms with Gasteiger partial charge in [-0.05, 0) is 6.07 Å². The highest BCUT2D eigenvalue weighted by Gasteiger charge is 2.06. The monoisotopic (exact) mass is 251 g/mol. The Morgan fingerprint density at radius 2 is 2.12 bits per heavy atom. The van der Waals surface area contributed by atoms with Crippen LogP contribution in [0.3, 0.4) is 0 Å². The Bertz CT molecular complexity index is 610. The summed E-state index contributed by atoms with van der Waals surface area (Å²) in [5.74, 6) is 0. The Morgan fingerprint density at radius 3 is 2.76 bits per heavy atom. The van der Waals surface area contributed by atoms with E-state index in [1.54, 1.807) is 25.4 Å². The molecule has 2 aromatic rings. The maximum absolute atomic E-state index is 11.3. The van der Waals surface area contributed by atoms with E-state index in [2.05, 4.69) is 9.97 Å². The smallest absolute Gasteiger partial charge is 0.318 e. The van der Waals surface area contributed by atoms with Gasteiger partial charge in [-0.1, -0.05) is 11.6 Å². The lowest BCUT2D eigenvalue weighted by atomic mass is 10.2. The van der Waals surface area contributed by atoms with Crippen LogP contribution < -0.4 is 10.3 Å². The van der Waals surface area contributed by atoms with E-state index in [4.69, 9.17) is 16.3 Å². The van der Waals surface area contributed by atoms with Gasteiger partial charge in [-0.25, -0.2) is 0 Å². The molecule has 6 heteroatoms. The van der Waals surface area contributed by atoms with Gasteiger partial charge in [-0.2, -0.15) is 9.97 Å². The zero-order valence-electron chi connectivity index (χ0n) is 9.35. The summed E-state index contributed by atoms with van der Waals surface area (Å²) in [6.07, 6.45) is 1.68. The minimum atomic E-state index is -0.0825. The van der Waals surface area contributed by atoms with Gasteiger partial charge < -0.3 is 9.30 Å². The van der Waals surface area contributed by atoms with Crippen LogP contribution in [-0.2, 0) is 7.05 Å². The van der Waals surface area contributed by atoms with Crippen LogP contribution in [0.5, 0.6) is 6.01 Å². The molecule has 0 saturated carbocycles. The number of hydrogen-bond acceptors (Lipinski definition) is 4. The summed E-state index contributed by atoms with van der Waals surface area (Å²) in [6.45, 7) is 0. The molecule has 88 valence electrons. The predicted octanol–water partition coefficient (Wildman–Crippen LogP) is 1.50. The van der Waals surface area contributed by atoms with E-state index in [-0.39, 0.29) is 11.6 Å². The second kappa shape index (κ2) is 4.55. The van der Waals surface area contributed by atoms with Gasteiger partial charge in [0.2, 0.25) is 5.56 Å². The van der Waals surface area contributed by atoms with E-state index in [1.807, 2.05) is 0 Å². The Kier molecular flexibility index (Phi) is 3.10. The highest BCUT2D eigenvalue weighted by molar-refractivity contribution is 6.29. The predicted molar refractivity (Wildman–Crippen MR) is 64.3 cm³/mol. The van der Waals surface area contributed by atoms with Crippen molar-refractivity contribution in [2.75, 3.05) is 7.11 Å². The largest absolute Gasteiger partial charge is 0.467 e. The third-order valence-electron chi connectivity index (χ3n) is 2.24. The fraction of sp³-hybridized carbons (Fsp3) is 0.182. The average Bonchev–Trinajstić information content (AvgIpc) is 2.32. The van der Waals surface area contributed by atoms with E-state index in [1.165, 1.54) is 17.7 Å². The number of rotatable bonds is 2. The van der Waals surface area contributed by atoms with E-state index < -0.39 is 0 Å². The molecule has 0 fully saturated rings. The number of aryl methyl sites for hydroxylation is 1. The van der Waals surface area contributed by atoms with Crippen molar-refractivity contribution >= 4 is 11.6 Å². The lowest BCUT2D eigenvalue weighted by Crippen LogP contribution is -2.14. The number of halogens is 1. The van der Waals surface area contributed by atoms with Gasteiger partial charge in [-0.3, -0.25) is 4.79 Å². The van der Waals surface area contributed by atoms with Crippen molar-refractivity contribution < 1.29 is 4.74 Å². The summed E-state index contributed by atoms with van der Waals surface area (Å²) < 4.78 is 6.41. The molecule has 0 aromatic carbocycles. The molecular formula is C11H10ClN3O2. The summed E-state index contributed by atoms with van der Waals surface area (Å²) in [5.41, 5.74) is 1.30. The fourth-order valence-electron chi connectivity index (χ4n) is 1.38. The third kappa shape index (κ3) is 2.45. The number of pyridine rings is 1. The van der Waals surface area contributed by atoms with Crippen LogP contribution in [0.2, 0.25) is 5.15 Å². The molecule has 2 heterocycles. The minimum Gasteiger partial charge on any atom is -0.467 e. The molecule has 0 aliphatic carbocycles. The zero-order chi connectivity index (χ0) is 12.4. The number of methoxy groups -OCH3 is 1. The molecule has 0 aliphatic heterocycles. The summed E-state index contributed by atoms with van der Waals surface area (Å²) in [4.78, 5) is 19.3. The summed E-state index contributed by atoms with van der Waals surface area (Å²) in [5, 5.41) is 0.292. The lowest BCUT2D eigenvalue weighted by Gasteiger charge is -2.05. The Balaban J connectivity index is 2.55. The fourth-order valence-corrected chi connectivity index (χ4v) is 1.56. The first-order chi connectivity index (χ1) is 8.10. The first-order valence-electron chi connectivity index (χ1n) is 4.86. The van der Waals surface area contributed by atoms with Crippen molar-refractivity contribution in [2.45, 2.75) is 0 Å². The van der Waals surface area contributed by atoms with Gasteiger partial charge in [-0.15, -0.1) is 0 Å². The van der Waals surface area contributed by atoms with Crippen molar-refractivity contribution in [1.82, 2.24) is 14.5 Å². The molecule has 0 aliphatic rings. The van der Waals surface area contributed by atoms with Crippen molar-refractivity contribution in [1.29, 1.82) is 0 Å². The Morgan fingerprint density at radius 1 is 1.35 bits per heavy atom. The van der Waals surface area contributed by atoms with Gasteiger partial charge in [0.1, 0.15) is 5.15 Å². The lowest BCUT2D eigenvalue weighted by molar-refractivity contribution is 0.380. The summed E-state index contributed by atoms with van der Waals surface area (Å²) in [7, 11) is 3.14. The third-order valence-corrected chi connectivity index (χ3v) is 2.43. The number of aromatic nitrogens is 3. The zero-order valence-corrected chi connectivity index (χ0v) is 10.1. The second-order valence-electron chi connectivity index (χ2n) is 3.43. The first kappa shape index (κ1) is 11.6. The molecule has 0 N–H and O–H groups in total. The van der Waals surface area contributed by atoms with Crippen molar-refractivity contribution in [3.8, 4) is 17.3 Å². The minimum absolute atomic E-state index is 0.0825. The summed E-state index contributed by atoms with van der Waals surface area (Å²) >= 11 is 5.85. The Labute approximate surface area is 103 Å². The normalized spacial score (nSPS) is 10.3. The van der Waals surface area contributed by atoms with Gasteiger partial charge in [0.15, 0.2) is 0 Å². The SMILES string of the molecule is COc1nc(Cl)cc(-c2ccc(=O)n(C)c2)n1. The van der Waals surface area contributed by atoms with E-state index >= 15 is 0 Å². The van der Waals surface area contributed by atoms with Gasteiger partial charge in [0.05, 0.1) is 12.8 Å². The van der Waals surface area contributed by atoms with Gasteiger partial charge in [0, 0.05) is 30.9 Å². The molecule has 2 rings (SSSR count). The van der Waals surface area contributed by atoms with E-state index in [0.29, 0.717) is 10.8 Å². The molecule has 0 bridgehead atoms. The molecule has 17 heavy (non-hydrogen) atoms. The standard InChI is InChI=1S/C11H10ClN3O2/c1-15-6-7(3-4-10(15)16)8-5-9(12)14-11(13-8)17-2/h3-6H,1-2H3. The van der Waals surface area contributed by atoms with Crippen LogP contribution in [0.25, 0.3) is 11.3 Å². The Hall–Kier alpha value is -1.88. The molecule has 0 saturated heterocycles. The molecular weight excluding hydrogens is 242 g/mol. The van der Waals surface area contributed by atoms with E-state index in [9.17, 15) is 4.79 Å². The van der Waals surface area contributed by atoms with E-state index in [0.717, 1.165) is 5.56 Å². The van der Waals surface area contributed by atoms with Crippen LogP contribution >= 0.6 is 11.6 Å².